The first-order valence-electron chi connectivity index (χ1n) is 11.9. The predicted octanol–water partition coefficient (Wildman–Crippen LogP) is 4.65. The van der Waals surface area contributed by atoms with Gasteiger partial charge in [0.05, 0.1) is 0 Å². The Kier molecular flexibility index (Phi) is 8.68. The standard InChI is InChI=1S/C27H34N2O5/c1-4-15-29(16-18(2)3)26(32)24(13-14-25(30)31)28-27(33)34-17-23-21-11-7-5-9-19(21)20-10-6-8-12-22(20)23/h5-12,18,23-24H,4,13-17H2,1-3H3,(H,28,33)(H,30,31). The second-order valence-electron chi connectivity index (χ2n) is 9.13. The molecule has 0 aromatic heterocycles. The zero-order chi connectivity index (χ0) is 24.7. The summed E-state index contributed by atoms with van der Waals surface area (Å²) in [6, 6.07) is 15.2. The van der Waals surface area contributed by atoms with Crippen LogP contribution in [0.5, 0.6) is 0 Å². The van der Waals surface area contributed by atoms with Crippen molar-refractivity contribution >= 4 is 18.0 Å². The molecule has 1 unspecified atom stereocenters. The maximum Gasteiger partial charge on any atom is 0.407 e. The highest BCUT2D eigenvalue weighted by Gasteiger charge is 2.31. The molecular formula is C27H34N2O5. The van der Waals surface area contributed by atoms with Gasteiger partial charge in [0.1, 0.15) is 12.6 Å². The fourth-order valence-electron chi connectivity index (χ4n) is 4.53. The number of hydrogen-bond acceptors (Lipinski definition) is 4. The van der Waals surface area contributed by atoms with E-state index in [2.05, 4.69) is 17.4 Å². The Morgan fingerprint density at radius 2 is 1.62 bits per heavy atom. The molecule has 2 aromatic carbocycles. The zero-order valence-electron chi connectivity index (χ0n) is 20.1. The minimum Gasteiger partial charge on any atom is -0.481 e. The molecule has 0 bridgehead atoms. The Bertz CT molecular complexity index is 974. The van der Waals surface area contributed by atoms with Crippen LogP contribution in [0.3, 0.4) is 0 Å². The maximum absolute atomic E-state index is 13.2. The lowest BCUT2D eigenvalue weighted by atomic mass is 9.98. The van der Waals surface area contributed by atoms with Crippen LogP contribution in [0, 0.1) is 5.92 Å². The van der Waals surface area contributed by atoms with Gasteiger partial charge in [-0.15, -0.1) is 0 Å². The van der Waals surface area contributed by atoms with E-state index in [0.717, 1.165) is 28.7 Å². The van der Waals surface area contributed by atoms with Gasteiger partial charge in [0, 0.05) is 25.4 Å². The van der Waals surface area contributed by atoms with Crippen LogP contribution in [-0.4, -0.2) is 53.7 Å². The fourth-order valence-corrected chi connectivity index (χ4v) is 4.53. The highest BCUT2D eigenvalue weighted by molar-refractivity contribution is 5.86. The van der Waals surface area contributed by atoms with Crippen LogP contribution in [-0.2, 0) is 14.3 Å². The number of carboxylic acids is 1. The van der Waals surface area contributed by atoms with Gasteiger partial charge in [-0.05, 0) is 41.0 Å². The van der Waals surface area contributed by atoms with Gasteiger partial charge in [0.15, 0.2) is 0 Å². The van der Waals surface area contributed by atoms with E-state index in [1.165, 1.54) is 0 Å². The smallest absolute Gasteiger partial charge is 0.407 e. The number of amides is 2. The normalized spacial score (nSPS) is 13.2. The largest absolute Gasteiger partial charge is 0.481 e. The van der Waals surface area contributed by atoms with Gasteiger partial charge in [0.2, 0.25) is 5.91 Å². The zero-order valence-corrected chi connectivity index (χ0v) is 20.1. The molecule has 2 amide bonds. The molecule has 0 fully saturated rings. The lowest BCUT2D eigenvalue weighted by molar-refractivity contribution is -0.138. The van der Waals surface area contributed by atoms with Crippen LogP contribution in [0.1, 0.15) is 57.1 Å². The van der Waals surface area contributed by atoms with E-state index in [1.807, 2.05) is 57.2 Å². The van der Waals surface area contributed by atoms with Crippen LogP contribution in [0.15, 0.2) is 48.5 Å². The number of fused-ring (bicyclic) bond motifs is 3. The van der Waals surface area contributed by atoms with E-state index in [4.69, 9.17) is 9.84 Å². The van der Waals surface area contributed by atoms with Gasteiger partial charge in [0.25, 0.3) is 0 Å². The third kappa shape index (κ3) is 6.16. The number of ether oxygens (including phenoxy) is 1. The van der Waals surface area contributed by atoms with Crippen LogP contribution in [0.25, 0.3) is 11.1 Å². The molecule has 2 aromatic rings. The molecule has 3 rings (SSSR count). The second kappa shape index (κ2) is 11.7. The Hall–Kier alpha value is -3.35. The molecule has 0 heterocycles. The number of aliphatic carboxylic acids is 1. The number of carboxylic acid groups (broad SMARTS) is 1. The van der Waals surface area contributed by atoms with Crippen molar-refractivity contribution in [3.05, 3.63) is 59.7 Å². The Balaban J connectivity index is 1.70. The molecule has 1 aliphatic carbocycles. The maximum atomic E-state index is 13.2. The SMILES string of the molecule is CCCN(CC(C)C)C(=O)C(CCC(=O)O)NC(=O)OCC1c2ccccc2-c2ccccc21. The summed E-state index contributed by atoms with van der Waals surface area (Å²) in [4.78, 5) is 38.7. The number of nitrogens with zero attached hydrogens (tertiary/aromatic N) is 1. The predicted molar refractivity (Wildman–Crippen MR) is 131 cm³/mol. The van der Waals surface area contributed by atoms with Gasteiger partial charge in [-0.25, -0.2) is 4.79 Å². The van der Waals surface area contributed by atoms with Crippen LogP contribution in [0.4, 0.5) is 4.79 Å². The number of carbonyl (C=O) groups is 3. The molecule has 7 nitrogen and oxygen atoms in total. The van der Waals surface area contributed by atoms with Gasteiger partial charge >= 0.3 is 12.1 Å². The van der Waals surface area contributed by atoms with Crippen molar-refractivity contribution < 1.29 is 24.2 Å². The molecule has 182 valence electrons. The number of rotatable bonds is 11. The summed E-state index contributed by atoms with van der Waals surface area (Å²) < 4.78 is 5.58. The van der Waals surface area contributed by atoms with Crippen molar-refractivity contribution in [3.8, 4) is 11.1 Å². The van der Waals surface area contributed by atoms with Crippen LogP contribution < -0.4 is 5.32 Å². The van der Waals surface area contributed by atoms with Crippen molar-refractivity contribution in [1.29, 1.82) is 0 Å². The number of nitrogens with one attached hydrogen (secondary N) is 1. The average Bonchev–Trinajstić information content (AvgIpc) is 3.13. The summed E-state index contributed by atoms with van der Waals surface area (Å²) >= 11 is 0. The lowest BCUT2D eigenvalue weighted by Gasteiger charge is -2.29. The molecular weight excluding hydrogens is 432 g/mol. The number of benzene rings is 2. The minimum absolute atomic E-state index is 0.0106. The molecule has 1 atom stereocenters. The second-order valence-corrected chi connectivity index (χ2v) is 9.13. The molecule has 0 spiro atoms. The van der Waals surface area contributed by atoms with Crippen molar-refractivity contribution in [2.24, 2.45) is 5.92 Å². The van der Waals surface area contributed by atoms with Gasteiger partial charge in [-0.2, -0.15) is 0 Å². The van der Waals surface area contributed by atoms with Gasteiger partial charge in [-0.1, -0.05) is 69.3 Å². The number of carbonyl (C=O) groups excluding carboxylic acids is 2. The first-order chi connectivity index (χ1) is 16.3. The third-order valence-corrected chi connectivity index (χ3v) is 5.97. The molecule has 0 saturated heterocycles. The number of hydrogen-bond donors (Lipinski definition) is 2. The first-order valence-corrected chi connectivity index (χ1v) is 11.9. The Morgan fingerprint density at radius 3 is 2.15 bits per heavy atom. The summed E-state index contributed by atoms with van der Waals surface area (Å²) in [5.74, 6) is -1.13. The highest BCUT2D eigenvalue weighted by Crippen LogP contribution is 2.44. The molecule has 7 heteroatoms. The van der Waals surface area contributed by atoms with E-state index < -0.39 is 18.1 Å². The molecule has 0 saturated carbocycles. The molecule has 2 N–H and O–H groups in total. The van der Waals surface area contributed by atoms with Crippen molar-refractivity contribution in [2.45, 2.75) is 52.0 Å². The van der Waals surface area contributed by atoms with Crippen molar-refractivity contribution in [3.63, 3.8) is 0 Å². The van der Waals surface area contributed by atoms with E-state index in [9.17, 15) is 14.4 Å². The topological polar surface area (TPSA) is 95.9 Å². The third-order valence-electron chi connectivity index (χ3n) is 5.97. The molecule has 1 aliphatic rings. The Labute approximate surface area is 201 Å². The quantitative estimate of drug-likeness (QED) is 0.502. The van der Waals surface area contributed by atoms with Crippen LogP contribution >= 0.6 is 0 Å². The van der Waals surface area contributed by atoms with Crippen molar-refractivity contribution in [1.82, 2.24) is 10.2 Å². The van der Waals surface area contributed by atoms with E-state index in [-0.39, 0.29) is 37.2 Å². The van der Waals surface area contributed by atoms with Crippen LogP contribution in [0.2, 0.25) is 0 Å². The summed E-state index contributed by atoms with van der Waals surface area (Å²) in [6.45, 7) is 7.23. The van der Waals surface area contributed by atoms with E-state index >= 15 is 0 Å². The minimum atomic E-state index is -1.02. The first kappa shape index (κ1) is 25.3. The summed E-state index contributed by atoms with van der Waals surface area (Å²) in [5, 5.41) is 11.8. The van der Waals surface area contributed by atoms with Gasteiger partial charge < -0.3 is 20.1 Å². The van der Waals surface area contributed by atoms with Crippen molar-refractivity contribution in [2.75, 3.05) is 19.7 Å². The highest BCUT2D eigenvalue weighted by atomic mass is 16.5. The lowest BCUT2D eigenvalue weighted by Crippen LogP contribution is -2.50. The Morgan fingerprint density at radius 1 is 1.03 bits per heavy atom. The van der Waals surface area contributed by atoms with Gasteiger partial charge in [-0.3, -0.25) is 9.59 Å². The summed E-state index contributed by atoms with van der Waals surface area (Å²) in [5.41, 5.74) is 4.46. The molecule has 0 radical (unpaired) electrons. The summed E-state index contributed by atoms with van der Waals surface area (Å²) in [7, 11) is 0. The molecule has 0 aliphatic heterocycles. The van der Waals surface area contributed by atoms with E-state index in [1.54, 1.807) is 4.90 Å². The monoisotopic (exact) mass is 466 g/mol. The van der Waals surface area contributed by atoms with E-state index in [0.29, 0.717) is 13.1 Å². The average molecular weight is 467 g/mol. The summed E-state index contributed by atoms with van der Waals surface area (Å²) in [6.07, 6.45) is -0.153. The fraction of sp³-hybridized carbons (Fsp3) is 0.444. The molecule has 34 heavy (non-hydrogen) atoms. The number of alkyl carbamates (subject to hydrolysis) is 1.